The minimum Gasteiger partial charge on any atom is -0.316 e. The molecule has 0 bridgehead atoms. The first kappa shape index (κ1) is 12.9. The lowest BCUT2D eigenvalue weighted by atomic mass is 9.96. The largest absolute Gasteiger partial charge is 0.316 e. The van der Waals surface area contributed by atoms with Gasteiger partial charge in [-0.05, 0) is 19.4 Å². The molecule has 90 valence electrons. The zero-order valence-electron chi connectivity index (χ0n) is 9.46. The van der Waals surface area contributed by atoms with E-state index in [-0.39, 0.29) is 11.8 Å². The second kappa shape index (κ2) is 6.45. The highest BCUT2D eigenvalue weighted by atomic mass is 32.2. The normalized spacial score (nSPS) is 19.3. The molecular formula is C10H22N2O2S. The van der Waals surface area contributed by atoms with E-state index in [0.29, 0.717) is 6.54 Å². The van der Waals surface area contributed by atoms with Gasteiger partial charge >= 0.3 is 0 Å². The van der Waals surface area contributed by atoms with Crippen LogP contribution in [0.25, 0.3) is 0 Å². The van der Waals surface area contributed by atoms with Gasteiger partial charge in [0.25, 0.3) is 0 Å². The smallest absolute Gasteiger partial charge is 0.213 e. The Morgan fingerprint density at radius 2 is 1.87 bits per heavy atom. The molecule has 1 rings (SSSR count). The number of rotatable bonds is 6. The molecule has 0 aromatic carbocycles. The van der Waals surface area contributed by atoms with Gasteiger partial charge in [-0.3, -0.25) is 0 Å². The van der Waals surface area contributed by atoms with Gasteiger partial charge in [0.1, 0.15) is 0 Å². The predicted molar refractivity (Wildman–Crippen MR) is 62.3 cm³/mol. The maximum absolute atomic E-state index is 11.6. The van der Waals surface area contributed by atoms with Crippen molar-refractivity contribution in [1.29, 1.82) is 0 Å². The van der Waals surface area contributed by atoms with Gasteiger partial charge < -0.3 is 5.32 Å². The Kier molecular flexibility index (Phi) is 5.56. The lowest BCUT2D eigenvalue weighted by molar-refractivity contribution is 0.412. The molecule has 1 saturated carbocycles. The fourth-order valence-corrected chi connectivity index (χ4v) is 3.19. The molecule has 15 heavy (non-hydrogen) atoms. The van der Waals surface area contributed by atoms with Gasteiger partial charge in [-0.15, -0.1) is 0 Å². The van der Waals surface area contributed by atoms with E-state index in [4.69, 9.17) is 0 Å². The van der Waals surface area contributed by atoms with E-state index in [2.05, 4.69) is 10.0 Å². The lowest BCUT2D eigenvalue weighted by Gasteiger charge is -2.22. The summed E-state index contributed by atoms with van der Waals surface area (Å²) < 4.78 is 26.0. The zero-order valence-corrected chi connectivity index (χ0v) is 10.3. The van der Waals surface area contributed by atoms with E-state index >= 15 is 0 Å². The minimum absolute atomic E-state index is 0.186. The van der Waals surface area contributed by atoms with Crippen LogP contribution in [0.1, 0.15) is 39.0 Å². The van der Waals surface area contributed by atoms with Crippen molar-refractivity contribution in [1.82, 2.24) is 10.0 Å². The van der Waals surface area contributed by atoms with E-state index in [0.717, 1.165) is 32.2 Å². The highest BCUT2D eigenvalue weighted by Gasteiger charge is 2.19. The first-order valence-corrected chi connectivity index (χ1v) is 7.50. The molecule has 0 aliphatic heterocycles. The topological polar surface area (TPSA) is 58.2 Å². The summed E-state index contributed by atoms with van der Waals surface area (Å²) in [5.74, 6) is 0.192. The maximum atomic E-state index is 11.6. The summed E-state index contributed by atoms with van der Waals surface area (Å²) in [5, 5.41) is 3.02. The number of sulfonamides is 1. The Balaban J connectivity index is 2.27. The van der Waals surface area contributed by atoms with Crippen LogP contribution >= 0.6 is 0 Å². The first-order chi connectivity index (χ1) is 7.14. The van der Waals surface area contributed by atoms with E-state index in [9.17, 15) is 8.42 Å². The molecule has 0 spiro atoms. The summed E-state index contributed by atoms with van der Waals surface area (Å²) in [7, 11) is -3.07. The molecule has 5 heteroatoms. The zero-order chi connectivity index (χ0) is 11.1. The molecule has 2 N–H and O–H groups in total. The van der Waals surface area contributed by atoms with Crippen LogP contribution in [0.4, 0.5) is 0 Å². The van der Waals surface area contributed by atoms with Crippen LogP contribution in [-0.4, -0.2) is 33.3 Å². The van der Waals surface area contributed by atoms with Gasteiger partial charge in [0, 0.05) is 12.6 Å². The molecule has 0 saturated heterocycles. The van der Waals surface area contributed by atoms with Crippen LogP contribution in [0, 0.1) is 0 Å². The monoisotopic (exact) mass is 234 g/mol. The predicted octanol–water partition coefficient (Wildman–Crippen LogP) is 0.848. The van der Waals surface area contributed by atoms with Crippen molar-refractivity contribution in [3.63, 3.8) is 0 Å². The minimum atomic E-state index is -3.07. The summed E-state index contributed by atoms with van der Waals surface area (Å²) in [6.45, 7) is 3.33. The Bertz CT molecular complexity index is 259. The Morgan fingerprint density at radius 1 is 1.20 bits per heavy atom. The molecule has 1 fully saturated rings. The second-order valence-corrected chi connectivity index (χ2v) is 6.00. The van der Waals surface area contributed by atoms with Crippen LogP contribution < -0.4 is 10.0 Å². The van der Waals surface area contributed by atoms with Crippen molar-refractivity contribution in [3.8, 4) is 0 Å². The third-order valence-electron chi connectivity index (χ3n) is 2.75. The number of nitrogens with one attached hydrogen (secondary N) is 2. The molecule has 0 heterocycles. The van der Waals surface area contributed by atoms with Gasteiger partial charge in [-0.2, -0.15) is 0 Å². The third-order valence-corrected chi connectivity index (χ3v) is 4.18. The van der Waals surface area contributed by atoms with Crippen molar-refractivity contribution >= 4 is 10.0 Å². The second-order valence-electron chi connectivity index (χ2n) is 4.13. The number of hydrogen-bond acceptors (Lipinski definition) is 3. The molecule has 4 nitrogen and oxygen atoms in total. The molecule has 0 unspecified atom stereocenters. The van der Waals surface area contributed by atoms with Gasteiger partial charge in [-0.1, -0.05) is 26.2 Å². The van der Waals surface area contributed by atoms with Gasteiger partial charge in [0.2, 0.25) is 10.0 Å². The van der Waals surface area contributed by atoms with Crippen molar-refractivity contribution in [2.75, 3.05) is 18.8 Å². The van der Waals surface area contributed by atoms with Crippen LogP contribution in [0.5, 0.6) is 0 Å². The molecule has 0 amide bonds. The Labute approximate surface area is 92.9 Å². The molecule has 1 aliphatic carbocycles. The fourth-order valence-electron chi connectivity index (χ4n) is 1.92. The highest BCUT2D eigenvalue weighted by Crippen LogP contribution is 2.17. The van der Waals surface area contributed by atoms with Crippen molar-refractivity contribution in [2.24, 2.45) is 0 Å². The molecule has 0 aromatic heterocycles. The summed E-state index contributed by atoms with van der Waals surface area (Å²) in [4.78, 5) is 0. The summed E-state index contributed by atoms with van der Waals surface area (Å²) in [5.41, 5.74) is 0. The lowest BCUT2D eigenvalue weighted by Crippen LogP contribution is -2.39. The SMILES string of the molecule is CCNCCS(=O)(=O)NC1CCCCC1. The summed E-state index contributed by atoms with van der Waals surface area (Å²) >= 11 is 0. The quantitative estimate of drug-likeness (QED) is 0.670. The van der Waals surface area contributed by atoms with E-state index in [1.54, 1.807) is 0 Å². The Morgan fingerprint density at radius 3 is 2.47 bits per heavy atom. The van der Waals surface area contributed by atoms with Crippen LogP contribution in [0.2, 0.25) is 0 Å². The summed E-state index contributed by atoms with van der Waals surface area (Å²) in [6, 6.07) is 0.186. The molecule has 0 radical (unpaired) electrons. The van der Waals surface area contributed by atoms with Crippen LogP contribution in [-0.2, 0) is 10.0 Å². The molecular weight excluding hydrogens is 212 g/mol. The standard InChI is InChI=1S/C10H22N2O2S/c1-2-11-8-9-15(13,14)12-10-6-4-3-5-7-10/h10-12H,2-9H2,1H3. The highest BCUT2D eigenvalue weighted by molar-refractivity contribution is 7.89. The van der Waals surface area contributed by atoms with Gasteiger partial charge in [0.15, 0.2) is 0 Å². The third kappa shape index (κ3) is 5.49. The van der Waals surface area contributed by atoms with Crippen LogP contribution in [0.15, 0.2) is 0 Å². The van der Waals surface area contributed by atoms with Crippen molar-refractivity contribution < 1.29 is 8.42 Å². The fraction of sp³-hybridized carbons (Fsp3) is 1.00. The van der Waals surface area contributed by atoms with Gasteiger partial charge in [0.05, 0.1) is 5.75 Å². The summed E-state index contributed by atoms with van der Waals surface area (Å²) in [6.07, 6.45) is 5.55. The average Bonchev–Trinajstić information content (AvgIpc) is 2.18. The maximum Gasteiger partial charge on any atom is 0.213 e. The van der Waals surface area contributed by atoms with Crippen LogP contribution in [0.3, 0.4) is 0 Å². The molecule has 0 atom stereocenters. The van der Waals surface area contributed by atoms with Gasteiger partial charge in [-0.25, -0.2) is 13.1 Å². The van der Waals surface area contributed by atoms with E-state index in [1.165, 1.54) is 6.42 Å². The molecule has 1 aliphatic rings. The van der Waals surface area contributed by atoms with E-state index < -0.39 is 10.0 Å². The van der Waals surface area contributed by atoms with Crippen molar-refractivity contribution in [3.05, 3.63) is 0 Å². The average molecular weight is 234 g/mol. The van der Waals surface area contributed by atoms with Crippen molar-refractivity contribution in [2.45, 2.75) is 45.1 Å². The Hall–Kier alpha value is -0.130. The van der Waals surface area contributed by atoms with E-state index in [1.807, 2.05) is 6.92 Å². The number of hydrogen-bond donors (Lipinski definition) is 2. The first-order valence-electron chi connectivity index (χ1n) is 5.85. The molecule has 0 aromatic rings.